The van der Waals surface area contributed by atoms with E-state index in [2.05, 4.69) is 13.8 Å². The highest BCUT2D eigenvalue weighted by Crippen LogP contribution is 2.29. The largest absolute Gasteiger partial charge is 0.379 e. The van der Waals surface area contributed by atoms with E-state index in [1.54, 1.807) is 0 Å². The molecule has 0 aromatic carbocycles. The number of ether oxygens (including phenoxy) is 1. The summed E-state index contributed by atoms with van der Waals surface area (Å²) in [5.74, 6) is 1.47. The summed E-state index contributed by atoms with van der Waals surface area (Å²) in [6, 6.07) is 0. The lowest BCUT2D eigenvalue weighted by Gasteiger charge is -2.37. The summed E-state index contributed by atoms with van der Waals surface area (Å²) < 4.78 is 5.75. The average molecular weight is 157 g/mol. The Morgan fingerprint density at radius 1 is 1.40 bits per heavy atom. The van der Waals surface area contributed by atoms with Crippen molar-refractivity contribution in [2.45, 2.75) is 38.3 Å². The number of rotatable bonds is 1. The summed E-state index contributed by atoms with van der Waals surface area (Å²) in [6.07, 6.45) is 3.88. The molecule has 1 heterocycles. The van der Waals surface area contributed by atoms with Crippen molar-refractivity contribution in [2.24, 2.45) is 0 Å². The normalized spacial score (nSPS) is 35.1. The first-order valence-electron chi connectivity index (χ1n) is 4.10. The Hall–Kier alpha value is 0.177. The second kappa shape index (κ2) is 3.05. The van der Waals surface area contributed by atoms with Crippen molar-refractivity contribution in [1.29, 1.82) is 0 Å². The van der Waals surface area contributed by atoms with E-state index >= 15 is 0 Å². The molecule has 0 aliphatic carbocycles. The van der Waals surface area contributed by atoms with E-state index in [4.69, 9.17) is 4.74 Å². The lowest BCUT2D eigenvalue weighted by atomic mass is 9.98. The van der Waals surface area contributed by atoms with Crippen LogP contribution in [0.1, 0.15) is 33.1 Å². The molecule has 59 valence electrons. The highest BCUT2D eigenvalue weighted by atomic mass is 28.1. The molecule has 1 aliphatic rings. The van der Waals surface area contributed by atoms with E-state index in [-0.39, 0.29) is 5.22 Å². The molecule has 0 bridgehead atoms. The Bertz CT molecular complexity index is 106. The van der Waals surface area contributed by atoms with E-state index < -0.39 is 0 Å². The van der Waals surface area contributed by atoms with Gasteiger partial charge in [0.15, 0.2) is 0 Å². The first kappa shape index (κ1) is 8.28. The van der Waals surface area contributed by atoms with Crippen LogP contribution in [0.15, 0.2) is 0 Å². The highest BCUT2D eigenvalue weighted by Gasteiger charge is 2.30. The molecule has 0 saturated carbocycles. The van der Waals surface area contributed by atoms with Crippen molar-refractivity contribution < 1.29 is 4.74 Å². The van der Waals surface area contributed by atoms with Gasteiger partial charge in [-0.3, -0.25) is 0 Å². The van der Waals surface area contributed by atoms with Gasteiger partial charge in [0.25, 0.3) is 0 Å². The zero-order valence-corrected chi connectivity index (χ0v) is 9.24. The van der Waals surface area contributed by atoms with Crippen molar-refractivity contribution >= 4 is 10.2 Å². The molecule has 1 nitrogen and oxygen atoms in total. The summed E-state index contributed by atoms with van der Waals surface area (Å²) in [5.41, 5.74) is 0. The van der Waals surface area contributed by atoms with Gasteiger partial charge in [-0.2, -0.15) is 0 Å². The number of hydrogen-bond acceptors (Lipinski definition) is 1. The fourth-order valence-corrected chi connectivity index (χ4v) is 1.89. The van der Waals surface area contributed by atoms with E-state index in [1.807, 2.05) is 0 Å². The summed E-state index contributed by atoms with van der Waals surface area (Å²) in [7, 11) is 1.16. The summed E-state index contributed by atoms with van der Waals surface area (Å²) in [4.78, 5) is 0. The third-order valence-electron chi connectivity index (χ3n) is 2.53. The minimum Gasteiger partial charge on any atom is -0.379 e. The minimum atomic E-state index is 0.234. The highest BCUT2D eigenvalue weighted by molar-refractivity contribution is 6.16. The van der Waals surface area contributed by atoms with Gasteiger partial charge in [-0.05, 0) is 25.2 Å². The lowest BCUT2D eigenvalue weighted by molar-refractivity contribution is -0.00628. The maximum absolute atomic E-state index is 5.75. The molecule has 0 amide bonds. The Labute approximate surface area is 66.6 Å². The Morgan fingerprint density at radius 2 is 2.10 bits per heavy atom. The minimum absolute atomic E-state index is 0.234. The van der Waals surface area contributed by atoms with Gasteiger partial charge in [0, 0.05) is 16.8 Å². The predicted molar refractivity (Wildman–Crippen MR) is 47.1 cm³/mol. The maximum atomic E-state index is 5.75. The van der Waals surface area contributed by atoms with Gasteiger partial charge < -0.3 is 4.74 Å². The van der Waals surface area contributed by atoms with Crippen LogP contribution >= 0.6 is 0 Å². The van der Waals surface area contributed by atoms with Gasteiger partial charge in [-0.25, -0.2) is 0 Å². The second-order valence-corrected chi connectivity index (χ2v) is 5.15. The Balaban J connectivity index is 2.48. The van der Waals surface area contributed by atoms with Crippen LogP contribution in [-0.4, -0.2) is 22.1 Å². The van der Waals surface area contributed by atoms with Crippen LogP contribution < -0.4 is 0 Å². The van der Waals surface area contributed by atoms with Gasteiger partial charge in [-0.1, -0.05) is 13.8 Å². The molecule has 0 aromatic heterocycles. The zero-order chi connectivity index (χ0) is 7.61. The smallest absolute Gasteiger partial charge is 0.0541 e. The van der Waals surface area contributed by atoms with E-state index in [9.17, 15) is 0 Å². The van der Waals surface area contributed by atoms with E-state index in [0.29, 0.717) is 0 Å². The predicted octanol–water partition coefficient (Wildman–Crippen LogP) is 0.863. The van der Waals surface area contributed by atoms with E-state index in [1.165, 1.54) is 25.2 Å². The second-order valence-electron chi connectivity index (χ2n) is 3.54. The fraction of sp³-hybridized carbons (Fsp3) is 0.875. The monoisotopic (exact) mass is 157 g/mol. The molecule has 0 spiro atoms. The van der Waals surface area contributed by atoms with Crippen LogP contribution in [0.25, 0.3) is 0 Å². The van der Waals surface area contributed by atoms with Crippen molar-refractivity contribution in [1.82, 2.24) is 0 Å². The summed E-state index contributed by atoms with van der Waals surface area (Å²) in [6.45, 7) is 5.37. The maximum Gasteiger partial charge on any atom is 0.0541 e. The van der Waals surface area contributed by atoms with Gasteiger partial charge in [0.2, 0.25) is 0 Å². The molecule has 1 saturated heterocycles. The molecular formula is C8H17OSi. The Morgan fingerprint density at radius 3 is 2.40 bits per heavy atom. The van der Waals surface area contributed by atoms with Crippen LogP contribution in [0, 0.1) is 5.92 Å². The average Bonchev–Trinajstić information content (AvgIpc) is 1.89. The standard InChI is InChI=1S/C8H17OSi/c1-7(2)8(10)5-3-4-6-9-8/h3-6H2,1-2,10H3. The molecule has 1 radical (unpaired) electrons. The Kier molecular flexibility index (Phi) is 2.53. The first-order valence-corrected chi connectivity index (χ1v) is 5.10. The van der Waals surface area contributed by atoms with Crippen molar-refractivity contribution in [3.05, 3.63) is 5.92 Å². The molecule has 1 fully saturated rings. The van der Waals surface area contributed by atoms with Crippen LogP contribution in [0.5, 0.6) is 0 Å². The summed E-state index contributed by atoms with van der Waals surface area (Å²) >= 11 is 0. The van der Waals surface area contributed by atoms with Gasteiger partial charge in [-0.15, -0.1) is 0 Å². The molecule has 1 atom stereocenters. The van der Waals surface area contributed by atoms with Gasteiger partial charge in [0.1, 0.15) is 0 Å². The van der Waals surface area contributed by atoms with Crippen LogP contribution in [0.2, 0.25) is 0 Å². The molecule has 0 aromatic rings. The molecule has 1 aliphatic heterocycles. The molecule has 1 unspecified atom stereocenters. The van der Waals surface area contributed by atoms with Crippen LogP contribution in [0.4, 0.5) is 0 Å². The topological polar surface area (TPSA) is 9.23 Å². The lowest BCUT2D eigenvalue weighted by Crippen LogP contribution is -2.40. The van der Waals surface area contributed by atoms with Crippen LogP contribution in [0.3, 0.4) is 0 Å². The molecular weight excluding hydrogens is 140 g/mol. The summed E-state index contributed by atoms with van der Waals surface area (Å²) in [5, 5.41) is 0.234. The number of hydrogen-bond donors (Lipinski definition) is 0. The third kappa shape index (κ3) is 1.61. The third-order valence-corrected chi connectivity index (χ3v) is 4.32. The van der Waals surface area contributed by atoms with Crippen LogP contribution in [-0.2, 0) is 4.74 Å². The van der Waals surface area contributed by atoms with Crippen molar-refractivity contribution in [2.75, 3.05) is 6.61 Å². The molecule has 0 N–H and O–H groups in total. The molecule has 10 heavy (non-hydrogen) atoms. The first-order chi connectivity index (χ1) is 4.65. The van der Waals surface area contributed by atoms with Crippen molar-refractivity contribution in [3.8, 4) is 0 Å². The van der Waals surface area contributed by atoms with E-state index in [0.717, 1.165) is 16.8 Å². The van der Waals surface area contributed by atoms with Gasteiger partial charge >= 0.3 is 0 Å². The van der Waals surface area contributed by atoms with Gasteiger partial charge in [0.05, 0.1) is 5.22 Å². The van der Waals surface area contributed by atoms with Crippen molar-refractivity contribution in [3.63, 3.8) is 0 Å². The quantitative estimate of drug-likeness (QED) is 0.513. The molecule has 1 rings (SSSR count). The zero-order valence-electron chi connectivity index (χ0n) is 7.24. The molecule has 2 heteroatoms. The SMILES string of the molecule is C[C](C)C1([SiH3])CCCCO1. The fourth-order valence-electron chi connectivity index (χ4n) is 1.33.